The van der Waals surface area contributed by atoms with Gasteiger partial charge in [-0.05, 0) is 48.4 Å². The number of benzene rings is 3. The van der Waals surface area contributed by atoms with Crippen LogP contribution in [0.25, 0.3) is 6.08 Å². The van der Waals surface area contributed by atoms with Crippen molar-refractivity contribution < 1.29 is 14.6 Å². The van der Waals surface area contributed by atoms with Crippen LogP contribution in [0.5, 0.6) is 11.5 Å². The molecule has 0 atom stereocenters. The number of para-hydroxylation sites is 1. The van der Waals surface area contributed by atoms with Crippen LogP contribution >= 0.6 is 0 Å². The number of phenols is 1. The van der Waals surface area contributed by atoms with E-state index in [0.717, 1.165) is 22.4 Å². The highest BCUT2D eigenvalue weighted by molar-refractivity contribution is 6.18. The van der Waals surface area contributed by atoms with Gasteiger partial charge in [-0.25, -0.2) is 0 Å². The van der Waals surface area contributed by atoms with Gasteiger partial charge in [0.25, 0.3) is 5.91 Å². The predicted octanol–water partition coefficient (Wildman–Crippen LogP) is 4.93. The second-order valence-corrected chi connectivity index (χ2v) is 7.14. The Kier molecular flexibility index (Phi) is 5.35. The molecule has 1 aliphatic rings. The maximum atomic E-state index is 13.3. The summed E-state index contributed by atoms with van der Waals surface area (Å²) in [6.07, 6.45) is 2.23. The van der Waals surface area contributed by atoms with E-state index in [1.54, 1.807) is 18.2 Å². The standard InChI is InChI=1S/C25H22N2O3/c1-17-8-11-19(12-9-17)22-16-20(14-18-10-13-23(28)24(15-18)30-2)25(29)27(26-22)21-6-4-3-5-7-21/h3-15,28H,16H2,1-2H3. The first-order chi connectivity index (χ1) is 14.5. The molecular formula is C25H22N2O3. The lowest BCUT2D eigenvalue weighted by Gasteiger charge is -2.26. The molecule has 0 saturated carbocycles. The smallest absolute Gasteiger partial charge is 0.275 e. The van der Waals surface area contributed by atoms with Crippen molar-refractivity contribution in [1.29, 1.82) is 0 Å². The second kappa shape index (κ2) is 8.25. The highest BCUT2D eigenvalue weighted by atomic mass is 16.5. The molecule has 0 unspecified atom stereocenters. The van der Waals surface area contributed by atoms with Gasteiger partial charge in [0.05, 0.1) is 18.5 Å². The van der Waals surface area contributed by atoms with Crippen molar-refractivity contribution in [3.63, 3.8) is 0 Å². The zero-order valence-corrected chi connectivity index (χ0v) is 16.9. The molecule has 4 rings (SSSR count). The molecule has 0 radical (unpaired) electrons. The molecule has 0 spiro atoms. The van der Waals surface area contributed by atoms with E-state index in [0.29, 0.717) is 23.4 Å². The summed E-state index contributed by atoms with van der Waals surface area (Å²) in [6.45, 7) is 2.04. The topological polar surface area (TPSA) is 62.1 Å². The Morgan fingerprint density at radius 1 is 1.03 bits per heavy atom. The Hall–Kier alpha value is -3.86. The molecule has 0 bridgehead atoms. The van der Waals surface area contributed by atoms with Crippen LogP contribution in [-0.4, -0.2) is 23.8 Å². The fourth-order valence-electron chi connectivity index (χ4n) is 3.34. The molecule has 3 aromatic rings. The van der Waals surface area contributed by atoms with E-state index in [1.165, 1.54) is 12.1 Å². The van der Waals surface area contributed by atoms with Crippen LogP contribution < -0.4 is 9.75 Å². The van der Waals surface area contributed by atoms with Crippen molar-refractivity contribution in [1.82, 2.24) is 0 Å². The molecule has 1 heterocycles. The number of phenolic OH excluding ortho intramolecular Hbond substituents is 1. The second-order valence-electron chi connectivity index (χ2n) is 7.14. The number of nitrogens with zero attached hydrogens (tertiary/aromatic N) is 2. The number of ether oxygens (including phenoxy) is 1. The normalized spacial score (nSPS) is 15.3. The fourth-order valence-corrected chi connectivity index (χ4v) is 3.34. The van der Waals surface area contributed by atoms with Gasteiger partial charge in [0, 0.05) is 12.0 Å². The quantitative estimate of drug-likeness (QED) is 0.634. The molecule has 0 saturated heterocycles. The molecule has 0 fully saturated rings. The first-order valence-corrected chi connectivity index (χ1v) is 9.67. The first-order valence-electron chi connectivity index (χ1n) is 9.67. The van der Waals surface area contributed by atoms with Crippen LogP contribution in [0.1, 0.15) is 23.1 Å². The minimum Gasteiger partial charge on any atom is -0.504 e. The number of carbonyl (C=O) groups excluding carboxylic acids is 1. The molecular weight excluding hydrogens is 376 g/mol. The Morgan fingerprint density at radius 2 is 1.77 bits per heavy atom. The number of anilines is 1. The number of carbonyl (C=O) groups is 1. The van der Waals surface area contributed by atoms with Crippen LogP contribution in [0.4, 0.5) is 5.69 Å². The van der Waals surface area contributed by atoms with E-state index in [4.69, 9.17) is 4.74 Å². The third-order valence-corrected chi connectivity index (χ3v) is 4.98. The van der Waals surface area contributed by atoms with E-state index in [1.807, 2.05) is 67.6 Å². The minimum absolute atomic E-state index is 0.0578. The zero-order chi connectivity index (χ0) is 21.1. The molecule has 0 aliphatic carbocycles. The third kappa shape index (κ3) is 3.96. The fraction of sp³-hybridized carbons (Fsp3) is 0.120. The number of hydrogen-bond acceptors (Lipinski definition) is 4. The van der Waals surface area contributed by atoms with Crippen LogP contribution in [-0.2, 0) is 4.79 Å². The van der Waals surface area contributed by atoms with Gasteiger partial charge in [-0.1, -0.05) is 54.1 Å². The Morgan fingerprint density at radius 3 is 2.47 bits per heavy atom. The Balaban J connectivity index is 1.79. The lowest BCUT2D eigenvalue weighted by molar-refractivity contribution is -0.115. The molecule has 1 aliphatic heterocycles. The van der Waals surface area contributed by atoms with Gasteiger partial charge in [0.1, 0.15) is 0 Å². The van der Waals surface area contributed by atoms with Gasteiger partial charge in [-0.3, -0.25) is 4.79 Å². The van der Waals surface area contributed by atoms with Gasteiger partial charge in [-0.15, -0.1) is 0 Å². The molecule has 150 valence electrons. The summed E-state index contributed by atoms with van der Waals surface area (Å²) in [4.78, 5) is 13.3. The largest absolute Gasteiger partial charge is 0.504 e. The SMILES string of the molecule is COc1cc(C=C2CC(c3ccc(C)cc3)=NN(c3ccccc3)C2=O)ccc1O. The number of hydrazone groups is 1. The predicted molar refractivity (Wildman–Crippen MR) is 119 cm³/mol. The van der Waals surface area contributed by atoms with Gasteiger partial charge in [0.2, 0.25) is 0 Å². The summed E-state index contributed by atoms with van der Waals surface area (Å²) in [5.74, 6) is 0.242. The van der Waals surface area contributed by atoms with Crippen LogP contribution in [0.2, 0.25) is 0 Å². The minimum atomic E-state index is -0.177. The van der Waals surface area contributed by atoms with Crippen molar-refractivity contribution >= 4 is 23.4 Å². The van der Waals surface area contributed by atoms with E-state index in [9.17, 15) is 9.90 Å². The molecule has 3 aromatic carbocycles. The lowest BCUT2D eigenvalue weighted by atomic mass is 9.97. The molecule has 5 heteroatoms. The monoisotopic (exact) mass is 398 g/mol. The summed E-state index contributed by atoms with van der Waals surface area (Å²) >= 11 is 0. The summed E-state index contributed by atoms with van der Waals surface area (Å²) in [5, 5.41) is 16.0. The van der Waals surface area contributed by atoms with Crippen molar-refractivity contribution in [2.24, 2.45) is 5.10 Å². The Bertz CT molecular complexity index is 1130. The first kappa shape index (κ1) is 19.5. The van der Waals surface area contributed by atoms with E-state index in [2.05, 4.69) is 5.10 Å². The highest BCUT2D eigenvalue weighted by Crippen LogP contribution is 2.30. The molecule has 0 aromatic heterocycles. The number of amides is 1. The molecule has 1 N–H and O–H groups in total. The van der Waals surface area contributed by atoms with Gasteiger partial charge in [-0.2, -0.15) is 10.1 Å². The van der Waals surface area contributed by atoms with E-state index >= 15 is 0 Å². The Labute approximate surface area is 175 Å². The molecule has 5 nitrogen and oxygen atoms in total. The third-order valence-electron chi connectivity index (χ3n) is 4.98. The molecule has 30 heavy (non-hydrogen) atoms. The zero-order valence-electron chi connectivity index (χ0n) is 16.9. The number of rotatable bonds is 4. The van der Waals surface area contributed by atoms with E-state index in [-0.39, 0.29) is 11.7 Å². The van der Waals surface area contributed by atoms with Gasteiger partial charge in [0.15, 0.2) is 11.5 Å². The summed E-state index contributed by atoms with van der Waals surface area (Å²) < 4.78 is 5.20. The highest BCUT2D eigenvalue weighted by Gasteiger charge is 2.27. The lowest BCUT2D eigenvalue weighted by Crippen LogP contribution is -2.33. The maximum Gasteiger partial charge on any atom is 0.275 e. The number of methoxy groups -OCH3 is 1. The molecule has 1 amide bonds. The number of aromatic hydroxyl groups is 1. The summed E-state index contributed by atoms with van der Waals surface area (Å²) in [6, 6.07) is 22.5. The number of aryl methyl sites for hydroxylation is 1. The van der Waals surface area contributed by atoms with Crippen molar-refractivity contribution in [2.45, 2.75) is 13.3 Å². The van der Waals surface area contributed by atoms with Crippen LogP contribution in [0, 0.1) is 6.92 Å². The average molecular weight is 398 g/mol. The van der Waals surface area contributed by atoms with Gasteiger partial charge >= 0.3 is 0 Å². The van der Waals surface area contributed by atoms with Crippen LogP contribution in [0.3, 0.4) is 0 Å². The summed E-state index contributed by atoms with van der Waals surface area (Å²) in [5.41, 5.74) is 5.04. The number of hydrogen-bond donors (Lipinski definition) is 1. The average Bonchev–Trinajstić information content (AvgIpc) is 2.77. The van der Waals surface area contributed by atoms with Crippen molar-refractivity contribution in [3.8, 4) is 11.5 Å². The van der Waals surface area contributed by atoms with Gasteiger partial charge < -0.3 is 9.84 Å². The maximum absolute atomic E-state index is 13.3. The summed E-state index contributed by atoms with van der Waals surface area (Å²) in [7, 11) is 1.50. The van der Waals surface area contributed by atoms with Crippen molar-refractivity contribution in [2.75, 3.05) is 12.1 Å². The van der Waals surface area contributed by atoms with Crippen LogP contribution in [0.15, 0.2) is 83.5 Å². The van der Waals surface area contributed by atoms with Crippen molar-refractivity contribution in [3.05, 3.63) is 95.1 Å². The van der Waals surface area contributed by atoms with E-state index < -0.39 is 0 Å².